The van der Waals surface area contributed by atoms with E-state index in [0.29, 0.717) is 24.2 Å². The normalized spacial score (nSPS) is 15.8. The fraction of sp³-hybridized carbons (Fsp3) is 0.720. The first kappa shape index (κ1) is 34.4. The van der Waals surface area contributed by atoms with Crippen LogP contribution < -0.4 is 27.0 Å². The van der Waals surface area contributed by atoms with Gasteiger partial charge in [0.05, 0.1) is 12.6 Å². The number of nitrogens with one attached hydrogen (secondary N) is 4. The van der Waals surface area contributed by atoms with Gasteiger partial charge in [-0.1, -0.05) is 46.1 Å². The van der Waals surface area contributed by atoms with Crippen molar-refractivity contribution in [1.29, 1.82) is 0 Å². The van der Waals surface area contributed by atoms with Crippen LogP contribution in [-0.2, 0) is 24.0 Å². The molecule has 0 aliphatic rings. The van der Waals surface area contributed by atoms with Crippen LogP contribution in [0, 0.1) is 11.8 Å². The minimum atomic E-state index is -1.17. The van der Waals surface area contributed by atoms with Crippen molar-refractivity contribution < 1.29 is 29.1 Å². The fourth-order valence-electron chi connectivity index (χ4n) is 3.31. The van der Waals surface area contributed by atoms with Crippen LogP contribution in [0.5, 0.6) is 0 Å². The average Bonchev–Trinajstić information content (AvgIpc) is 2.85. The van der Waals surface area contributed by atoms with Gasteiger partial charge in [0.25, 0.3) is 0 Å². The summed E-state index contributed by atoms with van der Waals surface area (Å²) in [4.78, 5) is 62.2. The molecule has 0 aromatic heterocycles. The third-order valence-electron chi connectivity index (χ3n) is 6.21. The van der Waals surface area contributed by atoms with Gasteiger partial charge in [0.1, 0.15) is 18.1 Å². The largest absolute Gasteiger partial charge is 0.480 e. The highest BCUT2D eigenvalue weighted by atomic mass is 32.2. The number of amides is 4. The van der Waals surface area contributed by atoms with Gasteiger partial charge >= 0.3 is 5.97 Å². The van der Waals surface area contributed by atoms with E-state index in [0.717, 1.165) is 0 Å². The highest BCUT2D eigenvalue weighted by Gasteiger charge is 2.30. The van der Waals surface area contributed by atoms with Crippen LogP contribution in [0.2, 0.25) is 0 Å². The monoisotopic (exact) mass is 543 g/mol. The van der Waals surface area contributed by atoms with Gasteiger partial charge in [0.15, 0.2) is 0 Å². The van der Waals surface area contributed by atoms with Crippen LogP contribution >= 0.6 is 11.8 Å². The maximum absolute atomic E-state index is 12.9. The third kappa shape index (κ3) is 13.0. The molecule has 0 unspecified atom stereocenters. The second kappa shape index (κ2) is 17.8. The van der Waals surface area contributed by atoms with E-state index in [-0.39, 0.29) is 24.7 Å². The summed E-state index contributed by atoms with van der Waals surface area (Å²) in [6.07, 6.45) is 3.47. The molecule has 212 valence electrons. The number of carbonyl (C=O) groups is 5. The number of thioether (sulfide) groups is 1. The lowest BCUT2D eigenvalue weighted by atomic mass is 9.95. The number of aliphatic carboxylic acids is 1. The molecule has 0 aliphatic heterocycles. The van der Waals surface area contributed by atoms with Crippen molar-refractivity contribution >= 4 is 41.4 Å². The van der Waals surface area contributed by atoms with Crippen molar-refractivity contribution in [2.45, 2.75) is 84.5 Å². The first-order valence-electron chi connectivity index (χ1n) is 12.6. The Hall–Kier alpha value is -2.60. The number of carbonyl (C=O) groups excluding carboxylic acids is 4. The van der Waals surface area contributed by atoms with Gasteiger partial charge < -0.3 is 32.1 Å². The zero-order valence-corrected chi connectivity index (χ0v) is 23.7. The second-order valence-electron chi connectivity index (χ2n) is 9.46. The van der Waals surface area contributed by atoms with Crippen LogP contribution in [-0.4, -0.2) is 77.4 Å². The predicted octanol–water partition coefficient (Wildman–Crippen LogP) is 0.780. The molecule has 0 radical (unpaired) electrons. The SMILES string of the molecule is C=C(C)C[C@H](NC(=O)CNC(=O)[C@@H](NC(=O)[C@@H](N)[C@@H](C)CC)[C@@H](C)CC)C(=O)N[C@@H](CCSC)C(=O)O. The maximum atomic E-state index is 12.9. The molecule has 0 fully saturated rings. The maximum Gasteiger partial charge on any atom is 0.326 e. The van der Waals surface area contributed by atoms with Gasteiger partial charge in [0, 0.05) is 0 Å². The van der Waals surface area contributed by atoms with Crippen molar-refractivity contribution in [3.63, 3.8) is 0 Å². The van der Waals surface area contributed by atoms with Crippen molar-refractivity contribution in [1.82, 2.24) is 21.3 Å². The molecule has 0 saturated carbocycles. The molecule has 0 aliphatic carbocycles. The van der Waals surface area contributed by atoms with Crippen molar-refractivity contribution in [2.75, 3.05) is 18.6 Å². The van der Waals surface area contributed by atoms with E-state index < -0.39 is 60.3 Å². The zero-order valence-electron chi connectivity index (χ0n) is 22.9. The van der Waals surface area contributed by atoms with E-state index in [1.165, 1.54) is 11.8 Å². The van der Waals surface area contributed by atoms with Gasteiger partial charge in [-0.2, -0.15) is 11.8 Å². The Labute approximate surface area is 224 Å². The molecule has 0 aromatic rings. The average molecular weight is 544 g/mol. The summed E-state index contributed by atoms with van der Waals surface area (Å²) in [6.45, 7) is 12.5. The number of carboxylic acid groups (broad SMARTS) is 1. The molecule has 12 heteroatoms. The number of hydrogen-bond acceptors (Lipinski definition) is 7. The van der Waals surface area contributed by atoms with E-state index in [4.69, 9.17) is 5.73 Å². The van der Waals surface area contributed by atoms with E-state index in [2.05, 4.69) is 27.8 Å². The molecule has 0 spiro atoms. The summed E-state index contributed by atoms with van der Waals surface area (Å²) < 4.78 is 0. The Balaban J connectivity index is 5.26. The van der Waals surface area contributed by atoms with Crippen LogP contribution in [0.1, 0.15) is 60.3 Å². The van der Waals surface area contributed by atoms with E-state index in [9.17, 15) is 29.1 Å². The third-order valence-corrected chi connectivity index (χ3v) is 6.85. The van der Waals surface area contributed by atoms with Gasteiger partial charge in [-0.15, -0.1) is 6.58 Å². The van der Waals surface area contributed by atoms with Gasteiger partial charge in [-0.25, -0.2) is 4.79 Å². The first-order valence-corrected chi connectivity index (χ1v) is 14.0. The van der Waals surface area contributed by atoms with Crippen LogP contribution in [0.25, 0.3) is 0 Å². The van der Waals surface area contributed by atoms with Crippen molar-refractivity contribution in [3.8, 4) is 0 Å². The molecule has 0 rings (SSSR count). The minimum absolute atomic E-state index is 0.0655. The smallest absolute Gasteiger partial charge is 0.326 e. The molecule has 11 nitrogen and oxygen atoms in total. The van der Waals surface area contributed by atoms with Crippen molar-refractivity contribution in [3.05, 3.63) is 12.2 Å². The molecule has 4 amide bonds. The van der Waals surface area contributed by atoms with Crippen LogP contribution in [0.3, 0.4) is 0 Å². The molecule has 0 aromatic carbocycles. The predicted molar refractivity (Wildman–Crippen MR) is 146 cm³/mol. The number of carboxylic acids is 1. The minimum Gasteiger partial charge on any atom is -0.480 e. The Kier molecular flexibility index (Phi) is 16.5. The summed E-state index contributed by atoms with van der Waals surface area (Å²) in [5.74, 6) is -3.18. The molecule has 6 atom stereocenters. The number of hydrogen-bond donors (Lipinski definition) is 6. The second-order valence-corrected chi connectivity index (χ2v) is 10.4. The van der Waals surface area contributed by atoms with Gasteiger partial charge in [-0.05, 0) is 43.6 Å². The van der Waals surface area contributed by atoms with Crippen LogP contribution in [0.15, 0.2) is 12.2 Å². The quantitative estimate of drug-likeness (QED) is 0.137. The Bertz CT molecular complexity index is 808. The standard InChI is InChI=1S/C25H45N5O6S/c1-8-15(5)20(26)23(33)30-21(16(6)9-2)24(34)27-13-19(31)28-18(12-14(3)4)22(32)29-17(25(35)36)10-11-37-7/h15-18,20-21H,3,8-13,26H2,1-2,4-7H3,(H,27,34)(H,28,31)(H,29,32)(H,30,33)(H,35,36)/t15-,16-,17-,18-,20-,21-/m0/s1. The first-order chi connectivity index (χ1) is 17.3. The van der Waals surface area contributed by atoms with E-state index in [1.807, 2.05) is 34.0 Å². The molecule has 0 saturated heterocycles. The lowest BCUT2D eigenvalue weighted by molar-refractivity contribution is -0.142. The lowest BCUT2D eigenvalue weighted by Crippen LogP contribution is -2.57. The topological polar surface area (TPSA) is 180 Å². The summed E-state index contributed by atoms with van der Waals surface area (Å²) >= 11 is 1.45. The van der Waals surface area contributed by atoms with Gasteiger partial charge in [-0.3, -0.25) is 19.2 Å². The van der Waals surface area contributed by atoms with Crippen LogP contribution in [0.4, 0.5) is 0 Å². The van der Waals surface area contributed by atoms with Crippen molar-refractivity contribution in [2.24, 2.45) is 17.6 Å². The molecule has 37 heavy (non-hydrogen) atoms. The number of nitrogens with two attached hydrogens (primary N) is 1. The molecule has 0 bridgehead atoms. The fourth-order valence-corrected chi connectivity index (χ4v) is 3.78. The summed E-state index contributed by atoms with van der Waals surface area (Å²) in [7, 11) is 0. The molecular formula is C25H45N5O6S. The molecule has 0 heterocycles. The Morgan fingerprint density at radius 2 is 1.51 bits per heavy atom. The van der Waals surface area contributed by atoms with E-state index >= 15 is 0 Å². The Morgan fingerprint density at radius 1 is 0.919 bits per heavy atom. The molecule has 7 N–H and O–H groups in total. The lowest BCUT2D eigenvalue weighted by Gasteiger charge is -2.26. The van der Waals surface area contributed by atoms with Gasteiger partial charge in [0.2, 0.25) is 23.6 Å². The number of rotatable bonds is 18. The molecular weight excluding hydrogens is 498 g/mol. The van der Waals surface area contributed by atoms with E-state index in [1.54, 1.807) is 6.92 Å². The summed E-state index contributed by atoms with van der Waals surface area (Å²) in [5.41, 5.74) is 6.60. The summed E-state index contributed by atoms with van der Waals surface area (Å²) in [6, 6.07) is -3.80. The highest BCUT2D eigenvalue weighted by molar-refractivity contribution is 7.98. The summed E-state index contributed by atoms with van der Waals surface area (Å²) in [5, 5.41) is 19.6. The zero-order chi connectivity index (χ0) is 28.7. The Morgan fingerprint density at radius 3 is 2.00 bits per heavy atom. The highest BCUT2D eigenvalue weighted by Crippen LogP contribution is 2.11.